The average Bonchev–Trinajstić information content (AvgIpc) is 3.25. The molecule has 0 radical (unpaired) electrons. The molecule has 0 amide bonds. The quantitative estimate of drug-likeness (QED) is 0.572. The molecule has 0 saturated heterocycles. The van der Waals surface area contributed by atoms with Crippen LogP contribution in [0, 0.1) is 5.92 Å². The van der Waals surface area contributed by atoms with E-state index in [-0.39, 0.29) is 0 Å². The Kier molecular flexibility index (Phi) is 7.63. The van der Waals surface area contributed by atoms with Crippen LogP contribution in [0.1, 0.15) is 39.5 Å². The molecule has 0 aromatic carbocycles. The molecular formula is C16H33N3O2. The Morgan fingerprint density at radius 1 is 1.19 bits per heavy atom. The van der Waals surface area contributed by atoms with E-state index < -0.39 is 11.5 Å². The Morgan fingerprint density at radius 2 is 1.86 bits per heavy atom. The maximum absolute atomic E-state index is 12.0. The van der Waals surface area contributed by atoms with E-state index in [0.29, 0.717) is 12.5 Å². The summed E-state index contributed by atoms with van der Waals surface area (Å²) in [5.41, 5.74) is -0.752. The number of hydrogen-bond donors (Lipinski definition) is 2. The minimum Gasteiger partial charge on any atom is -0.480 e. The predicted molar refractivity (Wildman–Crippen MR) is 86.7 cm³/mol. The maximum Gasteiger partial charge on any atom is 0.325 e. The van der Waals surface area contributed by atoms with Crippen LogP contribution >= 0.6 is 0 Å². The van der Waals surface area contributed by atoms with Crippen LogP contribution in [0.5, 0.6) is 0 Å². The van der Waals surface area contributed by atoms with Crippen molar-refractivity contribution in [1.29, 1.82) is 0 Å². The van der Waals surface area contributed by atoms with Gasteiger partial charge in [0.15, 0.2) is 0 Å². The predicted octanol–water partition coefficient (Wildman–Crippen LogP) is 1.49. The maximum atomic E-state index is 12.0. The molecule has 1 unspecified atom stereocenters. The number of likely N-dealkylation sites (N-methyl/N-ethyl adjacent to an activating group) is 1. The smallest absolute Gasteiger partial charge is 0.325 e. The van der Waals surface area contributed by atoms with Crippen molar-refractivity contribution in [2.45, 2.75) is 45.1 Å². The lowest BCUT2D eigenvalue weighted by molar-refractivity contribution is -0.147. The van der Waals surface area contributed by atoms with Crippen molar-refractivity contribution in [1.82, 2.24) is 15.1 Å². The molecule has 124 valence electrons. The summed E-state index contributed by atoms with van der Waals surface area (Å²) >= 11 is 0. The highest BCUT2D eigenvalue weighted by molar-refractivity contribution is 5.80. The van der Waals surface area contributed by atoms with Gasteiger partial charge in [0.05, 0.1) is 0 Å². The van der Waals surface area contributed by atoms with Gasteiger partial charge in [-0.3, -0.25) is 9.69 Å². The van der Waals surface area contributed by atoms with Gasteiger partial charge in [-0.25, -0.2) is 0 Å². The monoisotopic (exact) mass is 299 g/mol. The topological polar surface area (TPSA) is 55.8 Å². The van der Waals surface area contributed by atoms with Crippen molar-refractivity contribution >= 4 is 5.97 Å². The zero-order chi connectivity index (χ0) is 15.9. The van der Waals surface area contributed by atoms with E-state index >= 15 is 0 Å². The molecule has 5 nitrogen and oxygen atoms in total. The molecule has 21 heavy (non-hydrogen) atoms. The molecule has 1 fully saturated rings. The van der Waals surface area contributed by atoms with Gasteiger partial charge in [-0.05, 0) is 58.8 Å². The third-order valence-electron chi connectivity index (χ3n) is 4.22. The van der Waals surface area contributed by atoms with Crippen molar-refractivity contribution in [3.05, 3.63) is 0 Å². The second kappa shape index (κ2) is 8.71. The third-order valence-corrected chi connectivity index (χ3v) is 4.22. The highest BCUT2D eigenvalue weighted by Gasteiger charge is 2.51. The van der Waals surface area contributed by atoms with Crippen molar-refractivity contribution < 1.29 is 9.90 Å². The summed E-state index contributed by atoms with van der Waals surface area (Å²) in [5.74, 6) is -0.385. The largest absolute Gasteiger partial charge is 0.480 e. The Hall–Kier alpha value is -0.650. The number of carboxylic acids is 1. The molecule has 1 rings (SSSR count). The van der Waals surface area contributed by atoms with E-state index in [1.54, 1.807) is 0 Å². The summed E-state index contributed by atoms with van der Waals surface area (Å²) in [6.45, 7) is 8.49. The molecular weight excluding hydrogens is 266 g/mol. The fourth-order valence-corrected chi connectivity index (χ4v) is 2.85. The van der Waals surface area contributed by atoms with Crippen LogP contribution in [0.2, 0.25) is 0 Å². The Labute approximate surface area is 129 Å². The second-order valence-electron chi connectivity index (χ2n) is 6.56. The van der Waals surface area contributed by atoms with Crippen LogP contribution in [-0.2, 0) is 4.79 Å². The van der Waals surface area contributed by atoms with Crippen LogP contribution in [0.3, 0.4) is 0 Å². The molecule has 0 bridgehead atoms. The van der Waals surface area contributed by atoms with Gasteiger partial charge >= 0.3 is 5.97 Å². The first-order valence-electron chi connectivity index (χ1n) is 8.31. The van der Waals surface area contributed by atoms with E-state index in [2.05, 4.69) is 43.1 Å². The number of carbonyl (C=O) groups is 1. The molecule has 1 aliphatic carbocycles. The van der Waals surface area contributed by atoms with Crippen LogP contribution < -0.4 is 5.32 Å². The lowest BCUT2D eigenvalue weighted by Gasteiger charge is -2.36. The van der Waals surface area contributed by atoms with Gasteiger partial charge in [0.2, 0.25) is 0 Å². The van der Waals surface area contributed by atoms with Crippen LogP contribution in [-0.4, -0.2) is 73.2 Å². The van der Waals surface area contributed by atoms with Crippen molar-refractivity contribution in [3.63, 3.8) is 0 Å². The molecule has 0 heterocycles. The van der Waals surface area contributed by atoms with E-state index in [4.69, 9.17) is 0 Å². The molecule has 0 aromatic rings. The Balaban J connectivity index is 2.77. The van der Waals surface area contributed by atoms with E-state index in [0.717, 1.165) is 51.9 Å². The number of rotatable bonds is 12. The van der Waals surface area contributed by atoms with Gasteiger partial charge in [-0.15, -0.1) is 0 Å². The summed E-state index contributed by atoms with van der Waals surface area (Å²) < 4.78 is 0. The normalized spacial score (nSPS) is 18.2. The molecule has 1 saturated carbocycles. The van der Waals surface area contributed by atoms with Gasteiger partial charge in [-0.1, -0.05) is 13.8 Å². The number of aliphatic carboxylic acids is 1. The summed E-state index contributed by atoms with van der Waals surface area (Å²) in [7, 11) is 4.12. The van der Waals surface area contributed by atoms with Crippen molar-refractivity contribution in [2.24, 2.45) is 5.92 Å². The summed E-state index contributed by atoms with van der Waals surface area (Å²) in [6.07, 6.45) is 4.10. The molecule has 5 heteroatoms. The summed E-state index contributed by atoms with van der Waals surface area (Å²) in [5, 5.41) is 13.2. The van der Waals surface area contributed by atoms with Gasteiger partial charge in [0, 0.05) is 19.6 Å². The fraction of sp³-hybridized carbons (Fsp3) is 0.938. The van der Waals surface area contributed by atoms with Crippen molar-refractivity contribution in [2.75, 3.05) is 46.8 Å². The zero-order valence-corrected chi connectivity index (χ0v) is 14.2. The van der Waals surface area contributed by atoms with E-state index in [1.807, 2.05) is 0 Å². The second-order valence-corrected chi connectivity index (χ2v) is 6.56. The number of hydrogen-bond acceptors (Lipinski definition) is 4. The molecule has 2 N–H and O–H groups in total. The minimum absolute atomic E-state index is 0.292. The molecule has 0 spiro atoms. The van der Waals surface area contributed by atoms with Crippen molar-refractivity contribution in [3.8, 4) is 0 Å². The standard InChI is InChI=1S/C16H33N3O2/c1-5-9-17-16(15(20)21,14-7-8-14)13-19(10-6-2)12-11-18(3)4/h14,17H,5-13H2,1-4H3,(H,20,21). The van der Waals surface area contributed by atoms with Gasteiger partial charge in [-0.2, -0.15) is 0 Å². The average molecular weight is 299 g/mol. The molecule has 0 aliphatic heterocycles. The fourth-order valence-electron chi connectivity index (χ4n) is 2.85. The Morgan fingerprint density at radius 3 is 2.29 bits per heavy atom. The van der Waals surface area contributed by atoms with Crippen LogP contribution in [0.25, 0.3) is 0 Å². The summed E-state index contributed by atoms with van der Waals surface area (Å²) in [6, 6.07) is 0. The number of nitrogens with one attached hydrogen (secondary N) is 1. The molecule has 1 atom stereocenters. The zero-order valence-electron chi connectivity index (χ0n) is 14.2. The van der Waals surface area contributed by atoms with Crippen LogP contribution in [0.4, 0.5) is 0 Å². The number of nitrogens with zero attached hydrogens (tertiary/aromatic N) is 2. The van der Waals surface area contributed by atoms with E-state index in [1.165, 1.54) is 0 Å². The first-order valence-corrected chi connectivity index (χ1v) is 8.31. The van der Waals surface area contributed by atoms with Gasteiger partial charge in [0.1, 0.15) is 5.54 Å². The summed E-state index contributed by atoms with van der Waals surface area (Å²) in [4.78, 5) is 16.5. The first kappa shape index (κ1) is 18.4. The first-order chi connectivity index (χ1) is 9.96. The Bertz CT molecular complexity index is 319. The molecule has 1 aliphatic rings. The van der Waals surface area contributed by atoms with E-state index in [9.17, 15) is 9.90 Å². The lowest BCUT2D eigenvalue weighted by atomic mass is 9.91. The van der Waals surface area contributed by atoms with Gasteiger partial charge < -0.3 is 15.3 Å². The lowest BCUT2D eigenvalue weighted by Crippen LogP contribution is -2.61. The van der Waals surface area contributed by atoms with Gasteiger partial charge in [0.25, 0.3) is 0 Å². The number of carboxylic acid groups (broad SMARTS) is 1. The minimum atomic E-state index is -0.752. The highest BCUT2D eigenvalue weighted by atomic mass is 16.4. The van der Waals surface area contributed by atoms with Crippen LogP contribution in [0.15, 0.2) is 0 Å². The third kappa shape index (κ3) is 5.57. The highest BCUT2D eigenvalue weighted by Crippen LogP contribution is 2.40. The molecule has 0 aromatic heterocycles. The SMILES string of the molecule is CCCNC(CN(CCC)CCN(C)C)(C(=O)O)C1CC1.